The Labute approximate surface area is 102 Å². The van der Waals surface area contributed by atoms with Crippen molar-refractivity contribution < 1.29 is 9.84 Å². The summed E-state index contributed by atoms with van der Waals surface area (Å²) in [6.45, 7) is 5.79. The number of unbranched alkanes of at least 4 members (excludes halogenated alkanes) is 1. The van der Waals surface area contributed by atoms with Gasteiger partial charge in [-0.3, -0.25) is 0 Å². The number of aromatic nitrogens is 3. The fraction of sp³-hybridized carbons (Fsp3) is 0.818. The Hall–Kier alpha value is -0.980. The number of hydrogen-bond acceptors (Lipinski definition) is 5. The third kappa shape index (κ3) is 6.35. The molecule has 0 aromatic carbocycles. The molecule has 1 heterocycles. The van der Waals surface area contributed by atoms with Crippen molar-refractivity contribution >= 4 is 0 Å². The number of aliphatic hydroxyl groups is 1. The fourth-order valence-corrected chi connectivity index (χ4v) is 1.34. The van der Waals surface area contributed by atoms with Gasteiger partial charge in [-0.1, -0.05) is 18.6 Å². The van der Waals surface area contributed by atoms with Crippen LogP contribution in [-0.4, -0.2) is 46.5 Å². The van der Waals surface area contributed by atoms with Gasteiger partial charge in [0.2, 0.25) is 0 Å². The fourth-order valence-electron chi connectivity index (χ4n) is 1.34. The first-order valence-corrected chi connectivity index (χ1v) is 6.15. The lowest BCUT2D eigenvalue weighted by molar-refractivity contribution is 0.133. The van der Waals surface area contributed by atoms with Gasteiger partial charge in [0, 0.05) is 25.9 Å². The number of hydrogen-bond donors (Lipinski definition) is 2. The van der Waals surface area contributed by atoms with Crippen LogP contribution in [0.4, 0.5) is 0 Å². The van der Waals surface area contributed by atoms with Gasteiger partial charge in [0.25, 0.3) is 0 Å². The van der Waals surface area contributed by atoms with Gasteiger partial charge in [-0.25, -0.2) is 4.68 Å². The van der Waals surface area contributed by atoms with E-state index in [4.69, 9.17) is 9.84 Å². The summed E-state index contributed by atoms with van der Waals surface area (Å²) in [6.07, 6.45) is 4.12. The van der Waals surface area contributed by atoms with E-state index in [1.165, 1.54) is 6.42 Å². The molecule has 0 aliphatic rings. The minimum atomic E-state index is 0.0848. The van der Waals surface area contributed by atoms with E-state index < -0.39 is 0 Å². The highest BCUT2D eigenvalue weighted by atomic mass is 16.5. The van der Waals surface area contributed by atoms with Crippen LogP contribution in [0.1, 0.15) is 25.5 Å². The van der Waals surface area contributed by atoms with Gasteiger partial charge in [0.1, 0.15) is 0 Å². The van der Waals surface area contributed by atoms with Gasteiger partial charge >= 0.3 is 0 Å². The minimum Gasteiger partial charge on any atom is -0.394 e. The van der Waals surface area contributed by atoms with Gasteiger partial charge in [-0.2, -0.15) is 0 Å². The van der Waals surface area contributed by atoms with E-state index in [-0.39, 0.29) is 6.61 Å². The Morgan fingerprint density at radius 3 is 3.12 bits per heavy atom. The topological polar surface area (TPSA) is 72.2 Å². The maximum atomic E-state index is 8.73. The molecule has 0 atom stereocenters. The molecule has 0 aliphatic heterocycles. The van der Waals surface area contributed by atoms with Gasteiger partial charge in [-0.15, -0.1) is 5.10 Å². The molecule has 0 saturated carbocycles. The summed E-state index contributed by atoms with van der Waals surface area (Å²) in [5, 5.41) is 19.8. The molecule has 6 heteroatoms. The molecular formula is C11H22N4O2. The van der Waals surface area contributed by atoms with E-state index in [9.17, 15) is 0 Å². The molecule has 0 bridgehead atoms. The first-order valence-electron chi connectivity index (χ1n) is 6.15. The van der Waals surface area contributed by atoms with E-state index >= 15 is 0 Å². The molecule has 1 aromatic heterocycles. The van der Waals surface area contributed by atoms with Crippen LogP contribution >= 0.6 is 0 Å². The molecular weight excluding hydrogens is 220 g/mol. The van der Waals surface area contributed by atoms with Crippen molar-refractivity contribution in [3.05, 3.63) is 11.9 Å². The van der Waals surface area contributed by atoms with E-state index in [2.05, 4.69) is 22.6 Å². The predicted molar refractivity (Wildman–Crippen MR) is 64.5 cm³/mol. The second-order valence-corrected chi connectivity index (χ2v) is 3.84. The number of nitrogens with zero attached hydrogens (tertiary/aromatic N) is 3. The average Bonchev–Trinajstić information content (AvgIpc) is 2.76. The standard InChI is InChI=1S/C11H22N4O2/c1-2-3-7-17-8-4-12-9-11-10-15(5-6-16)14-13-11/h10,12,16H,2-9H2,1H3. The predicted octanol–water partition coefficient (Wildman–Crippen LogP) is 0.177. The van der Waals surface area contributed by atoms with Crippen LogP contribution in [0.2, 0.25) is 0 Å². The molecule has 0 unspecified atom stereocenters. The summed E-state index contributed by atoms with van der Waals surface area (Å²) >= 11 is 0. The number of aliphatic hydroxyl groups excluding tert-OH is 1. The monoisotopic (exact) mass is 242 g/mol. The third-order valence-electron chi connectivity index (χ3n) is 2.29. The lowest BCUT2D eigenvalue weighted by Gasteiger charge is -2.03. The molecule has 17 heavy (non-hydrogen) atoms. The van der Waals surface area contributed by atoms with Crippen LogP contribution in [0.25, 0.3) is 0 Å². The molecule has 98 valence electrons. The highest BCUT2D eigenvalue weighted by Crippen LogP contribution is 1.92. The molecule has 0 aliphatic carbocycles. The Balaban J connectivity index is 2.01. The molecule has 0 radical (unpaired) electrons. The molecule has 0 amide bonds. The lowest BCUT2D eigenvalue weighted by atomic mass is 10.4. The summed E-state index contributed by atoms with van der Waals surface area (Å²) in [5.41, 5.74) is 0.881. The van der Waals surface area contributed by atoms with Crippen LogP contribution in [0.3, 0.4) is 0 Å². The number of nitrogens with one attached hydrogen (secondary N) is 1. The van der Waals surface area contributed by atoms with Crippen molar-refractivity contribution in [2.24, 2.45) is 0 Å². The van der Waals surface area contributed by atoms with Crippen molar-refractivity contribution in [3.63, 3.8) is 0 Å². The first-order chi connectivity index (χ1) is 8.36. The van der Waals surface area contributed by atoms with Gasteiger partial charge in [-0.05, 0) is 6.42 Å². The van der Waals surface area contributed by atoms with E-state index in [1.807, 2.05) is 6.20 Å². The van der Waals surface area contributed by atoms with E-state index in [0.29, 0.717) is 13.1 Å². The molecule has 1 rings (SSSR count). The molecule has 1 aromatic rings. The van der Waals surface area contributed by atoms with Crippen LogP contribution in [0, 0.1) is 0 Å². The smallest absolute Gasteiger partial charge is 0.0964 e. The normalized spacial score (nSPS) is 10.9. The average molecular weight is 242 g/mol. The van der Waals surface area contributed by atoms with Gasteiger partial charge < -0.3 is 15.2 Å². The van der Waals surface area contributed by atoms with Crippen molar-refractivity contribution in [1.29, 1.82) is 0 Å². The van der Waals surface area contributed by atoms with Crippen molar-refractivity contribution in [1.82, 2.24) is 20.3 Å². The molecule has 0 spiro atoms. The van der Waals surface area contributed by atoms with Crippen LogP contribution < -0.4 is 5.32 Å². The maximum Gasteiger partial charge on any atom is 0.0964 e. The number of rotatable bonds is 10. The van der Waals surface area contributed by atoms with Crippen LogP contribution in [0.5, 0.6) is 0 Å². The molecule has 0 saturated heterocycles. The molecule has 6 nitrogen and oxygen atoms in total. The van der Waals surface area contributed by atoms with Gasteiger partial charge in [0.15, 0.2) is 0 Å². The maximum absolute atomic E-state index is 8.73. The largest absolute Gasteiger partial charge is 0.394 e. The third-order valence-corrected chi connectivity index (χ3v) is 2.29. The molecule has 0 fully saturated rings. The Morgan fingerprint density at radius 1 is 1.47 bits per heavy atom. The number of ether oxygens (including phenoxy) is 1. The summed E-state index contributed by atoms with van der Waals surface area (Å²) < 4.78 is 7.05. The Morgan fingerprint density at radius 2 is 2.35 bits per heavy atom. The Bertz CT molecular complexity index is 291. The lowest BCUT2D eigenvalue weighted by Crippen LogP contribution is -2.19. The quantitative estimate of drug-likeness (QED) is 0.573. The second kappa shape index (κ2) is 9.09. The van der Waals surface area contributed by atoms with Crippen LogP contribution in [-0.2, 0) is 17.8 Å². The van der Waals surface area contributed by atoms with Crippen molar-refractivity contribution in [3.8, 4) is 0 Å². The summed E-state index contributed by atoms with van der Waals surface area (Å²) in [6, 6.07) is 0. The minimum absolute atomic E-state index is 0.0848. The second-order valence-electron chi connectivity index (χ2n) is 3.84. The first kappa shape index (κ1) is 14.1. The highest BCUT2D eigenvalue weighted by Gasteiger charge is 1.99. The SMILES string of the molecule is CCCCOCCNCc1cn(CCO)nn1. The van der Waals surface area contributed by atoms with E-state index in [0.717, 1.165) is 31.9 Å². The van der Waals surface area contributed by atoms with Crippen molar-refractivity contribution in [2.75, 3.05) is 26.4 Å². The Kier molecular flexibility index (Phi) is 7.53. The summed E-state index contributed by atoms with van der Waals surface area (Å²) in [7, 11) is 0. The summed E-state index contributed by atoms with van der Waals surface area (Å²) in [4.78, 5) is 0. The zero-order valence-electron chi connectivity index (χ0n) is 10.4. The summed E-state index contributed by atoms with van der Waals surface area (Å²) in [5.74, 6) is 0. The zero-order chi connectivity index (χ0) is 12.3. The van der Waals surface area contributed by atoms with Crippen LogP contribution in [0.15, 0.2) is 6.20 Å². The van der Waals surface area contributed by atoms with Crippen molar-refractivity contribution in [2.45, 2.75) is 32.9 Å². The van der Waals surface area contributed by atoms with E-state index in [1.54, 1.807) is 4.68 Å². The molecule has 2 N–H and O–H groups in total. The highest BCUT2D eigenvalue weighted by molar-refractivity contribution is 4.91. The zero-order valence-corrected chi connectivity index (χ0v) is 10.4. The van der Waals surface area contributed by atoms with Gasteiger partial charge in [0.05, 0.1) is 25.5 Å².